The predicted molar refractivity (Wildman–Crippen MR) is 135 cm³/mol. The Morgan fingerprint density at radius 2 is 1.91 bits per heavy atom. The van der Waals surface area contributed by atoms with Crippen LogP contribution in [-0.4, -0.2) is 36.5 Å². The first-order valence-corrected chi connectivity index (χ1v) is 11.5. The highest BCUT2D eigenvalue weighted by atomic mass is 35.5. The summed E-state index contributed by atoms with van der Waals surface area (Å²) in [5, 5.41) is 12.7. The minimum Gasteiger partial charge on any atom is -0.491 e. The second kappa shape index (κ2) is 12.0. The van der Waals surface area contributed by atoms with Crippen LogP contribution in [0.2, 0.25) is 5.02 Å². The number of benzene rings is 2. The predicted octanol–water partition coefficient (Wildman–Crippen LogP) is 5.52. The van der Waals surface area contributed by atoms with E-state index in [4.69, 9.17) is 26.3 Å². The average molecular weight is 492 g/mol. The number of anilines is 1. The van der Waals surface area contributed by atoms with E-state index in [1.807, 2.05) is 38.1 Å². The second-order valence-electron chi connectivity index (χ2n) is 7.82. The molecule has 180 valence electrons. The average Bonchev–Trinajstić information content (AvgIpc) is 2.84. The van der Waals surface area contributed by atoms with Gasteiger partial charge in [0, 0.05) is 27.9 Å². The second-order valence-corrected chi connectivity index (χ2v) is 8.23. The van der Waals surface area contributed by atoms with Crippen LogP contribution in [0.5, 0.6) is 5.75 Å². The topological polar surface area (TPSA) is 101 Å². The molecule has 3 rings (SSSR count). The zero-order valence-electron chi connectivity index (χ0n) is 19.9. The van der Waals surface area contributed by atoms with Crippen LogP contribution in [0, 0.1) is 25.2 Å². The summed E-state index contributed by atoms with van der Waals surface area (Å²) >= 11 is 6.41. The normalized spacial score (nSPS) is 10.4. The summed E-state index contributed by atoms with van der Waals surface area (Å²) in [5.41, 5.74) is 4.60. The summed E-state index contributed by atoms with van der Waals surface area (Å²) < 4.78 is 10.8. The van der Waals surface area contributed by atoms with E-state index in [1.165, 1.54) is 0 Å². The lowest BCUT2D eigenvalue weighted by molar-refractivity contribution is -0.143. The number of halogens is 1. The SMILES string of the molecule is CCOC(=O)CCOc1c(C)cccc1NCC(=O)c1ccc(Cl)c(-c2cnc(C#N)cc2C)c1. The van der Waals surface area contributed by atoms with Gasteiger partial charge in [-0.05, 0) is 62.2 Å². The molecule has 0 bridgehead atoms. The molecular weight excluding hydrogens is 466 g/mol. The van der Waals surface area contributed by atoms with E-state index in [0.29, 0.717) is 39.9 Å². The van der Waals surface area contributed by atoms with E-state index < -0.39 is 0 Å². The summed E-state index contributed by atoms with van der Waals surface area (Å²) in [6.45, 7) is 6.04. The molecule has 0 radical (unpaired) electrons. The van der Waals surface area contributed by atoms with Gasteiger partial charge in [-0.3, -0.25) is 9.59 Å². The third-order valence-electron chi connectivity index (χ3n) is 5.31. The number of carbonyl (C=O) groups is 2. The zero-order valence-corrected chi connectivity index (χ0v) is 20.6. The van der Waals surface area contributed by atoms with E-state index in [1.54, 1.807) is 37.4 Å². The smallest absolute Gasteiger partial charge is 0.309 e. The van der Waals surface area contributed by atoms with Crippen molar-refractivity contribution >= 4 is 29.0 Å². The van der Waals surface area contributed by atoms with Gasteiger partial charge in [0.15, 0.2) is 5.78 Å². The third-order valence-corrected chi connectivity index (χ3v) is 5.64. The monoisotopic (exact) mass is 491 g/mol. The van der Waals surface area contributed by atoms with Crippen molar-refractivity contribution in [2.75, 3.05) is 25.1 Å². The Kier molecular flexibility index (Phi) is 8.82. The number of hydrogen-bond donors (Lipinski definition) is 1. The summed E-state index contributed by atoms with van der Waals surface area (Å²) in [6, 6.07) is 14.4. The molecule has 0 unspecified atom stereocenters. The highest BCUT2D eigenvalue weighted by Gasteiger charge is 2.15. The van der Waals surface area contributed by atoms with Crippen molar-refractivity contribution in [3.8, 4) is 22.9 Å². The van der Waals surface area contributed by atoms with Gasteiger partial charge in [-0.2, -0.15) is 5.26 Å². The Hall–Kier alpha value is -3.89. The van der Waals surface area contributed by atoms with Crippen molar-refractivity contribution in [1.82, 2.24) is 4.98 Å². The van der Waals surface area contributed by atoms with E-state index in [9.17, 15) is 9.59 Å². The largest absolute Gasteiger partial charge is 0.491 e. The van der Waals surface area contributed by atoms with Crippen LogP contribution in [0.4, 0.5) is 5.69 Å². The van der Waals surface area contributed by atoms with Crippen LogP contribution in [0.25, 0.3) is 11.1 Å². The fourth-order valence-corrected chi connectivity index (χ4v) is 3.75. The Labute approximate surface area is 209 Å². The molecule has 1 aromatic heterocycles. The molecule has 7 nitrogen and oxygen atoms in total. The van der Waals surface area contributed by atoms with E-state index in [2.05, 4.69) is 10.3 Å². The third kappa shape index (κ3) is 6.58. The van der Waals surface area contributed by atoms with Gasteiger partial charge in [0.2, 0.25) is 0 Å². The minimum absolute atomic E-state index is 0.0311. The molecule has 0 atom stereocenters. The molecule has 8 heteroatoms. The van der Waals surface area contributed by atoms with Crippen molar-refractivity contribution in [3.63, 3.8) is 0 Å². The summed E-state index contributed by atoms with van der Waals surface area (Å²) in [7, 11) is 0. The van der Waals surface area contributed by atoms with Crippen molar-refractivity contribution in [2.45, 2.75) is 27.2 Å². The van der Waals surface area contributed by atoms with Crippen LogP contribution in [0.15, 0.2) is 48.7 Å². The maximum absolute atomic E-state index is 13.0. The number of aryl methyl sites for hydroxylation is 2. The maximum atomic E-state index is 13.0. The van der Waals surface area contributed by atoms with Crippen molar-refractivity contribution in [3.05, 3.63) is 76.1 Å². The lowest BCUT2D eigenvalue weighted by Gasteiger charge is -2.15. The first-order valence-electron chi connectivity index (χ1n) is 11.2. The van der Waals surface area contributed by atoms with Gasteiger partial charge in [0.1, 0.15) is 17.5 Å². The quantitative estimate of drug-likeness (QED) is 0.294. The number of Topliss-reactive ketones (excluding diaryl/α,β-unsaturated/α-hetero) is 1. The number of nitriles is 1. The summed E-state index contributed by atoms with van der Waals surface area (Å²) in [6.07, 6.45) is 1.73. The van der Waals surface area contributed by atoms with E-state index in [0.717, 1.165) is 16.7 Å². The molecule has 0 aliphatic rings. The van der Waals surface area contributed by atoms with Gasteiger partial charge in [0.05, 0.1) is 31.9 Å². The number of nitrogens with zero attached hydrogens (tertiary/aromatic N) is 2. The minimum atomic E-state index is -0.322. The van der Waals surface area contributed by atoms with Gasteiger partial charge < -0.3 is 14.8 Å². The molecule has 0 aliphatic heterocycles. The van der Waals surface area contributed by atoms with Gasteiger partial charge >= 0.3 is 5.97 Å². The van der Waals surface area contributed by atoms with Gasteiger partial charge in [0.25, 0.3) is 0 Å². The number of hydrogen-bond acceptors (Lipinski definition) is 7. The number of para-hydroxylation sites is 1. The van der Waals surface area contributed by atoms with Crippen LogP contribution in [-0.2, 0) is 9.53 Å². The highest BCUT2D eigenvalue weighted by molar-refractivity contribution is 6.33. The van der Waals surface area contributed by atoms with Crippen molar-refractivity contribution in [1.29, 1.82) is 5.26 Å². The zero-order chi connectivity index (χ0) is 25.4. The number of aromatic nitrogens is 1. The van der Waals surface area contributed by atoms with Crippen LogP contribution in [0.3, 0.4) is 0 Å². The molecule has 3 aromatic rings. The molecule has 0 spiro atoms. The summed E-state index contributed by atoms with van der Waals surface area (Å²) in [5.74, 6) is 0.124. The molecule has 2 aromatic carbocycles. The fourth-order valence-electron chi connectivity index (χ4n) is 3.53. The van der Waals surface area contributed by atoms with Crippen LogP contribution < -0.4 is 10.1 Å². The molecular formula is C27H26ClN3O4. The molecule has 0 amide bonds. The number of ketones is 1. The van der Waals surface area contributed by atoms with Crippen LogP contribution >= 0.6 is 11.6 Å². The lowest BCUT2D eigenvalue weighted by Crippen LogP contribution is -2.16. The summed E-state index contributed by atoms with van der Waals surface area (Å²) in [4.78, 5) is 28.7. The molecule has 1 N–H and O–H groups in total. The first kappa shape index (κ1) is 25.7. The number of carbonyl (C=O) groups excluding carboxylic acids is 2. The molecule has 0 saturated heterocycles. The lowest BCUT2D eigenvalue weighted by atomic mass is 9.98. The van der Waals surface area contributed by atoms with Gasteiger partial charge in [-0.25, -0.2) is 4.98 Å². The number of ether oxygens (including phenoxy) is 2. The van der Waals surface area contributed by atoms with Crippen molar-refractivity contribution < 1.29 is 19.1 Å². The number of nitrogens with one attached hydrogen (secondary N) is 1. The standard InChI is InChI=1S/C27H26ClN3O4/c1-4-34-26(33)10-11-35-27-17(2)6-5-7-24(27)31-16-25(32)19-8-9-23(28)21(13-19)22-15-30-20(14-29)12-18(22)3/h5-9,12-13,15,31H,4,10-11,16H2,1-3H3. The highest BCUT2D eigenvalue weighted by Crippen LogP contribution is 2.32. The Morgan fingerprint density at radius 1 is 1.11 bits per heavy atom. The fraction of sp³-hybridized carbons (Fsp3) is 0.259. The first-order chi connectivity index (χ1) is 16.8. The number of rotatable bonds is 10. The molecule has 35 heavy (non-hydrogen) atoms. The van der Waals surface area contributed by atoms with Crippen LogP contribution in [0.1, 0.15) is 40.5 Å². The van der Waals surface area contributed by atoms with E-state index >= 15 is 0 Å². The van der Waals surface area contributed by atoms with E-state index in [-0.39, 0.29) is 31.3 Å². The number of esters is 1. The van der Waals surface area contributed by atoms with Gasteiger partial charge in [-0.1, -0.05) is 23.7 Å². The Morgan fingerprint density at radius 3 is 2.63 bits per heavy atom. The van der Waals surface area contributed by atoms with Gasteiger partial charge in [-0.15, -0.1) is 0 Å². The Bertz CT molecular complexity index is 1280. The number of pyridine rings is 1. The molecule has 0 aliphatic carbocycles. The molecule has 0 saturated carbocycles. The van der Waals surface area contributed by atoms with Crippen molar-refractivity contribution in [2.24, 2.45) is 0 Å². The Balaban J connectivity index is 1.74. The molecule has 0 fully saturated rings. The maximum Gasteiger partial charge on any atom is 0.309 e. The molecule has 1 heterocycles.